The summed E-state index contributed by atoms with van der Waals surface area (Å²) in [7, 11) is 0. The Bertz CT molecular complexity index is 170. The zero-order valence-corrected chi connectivity index (χ0v) is 8.52. The molecule has 0 amide bonds. The highest BCUT2D eigenvalue weighted by atomic mass is 14.8. The summed E-state index contributed by atoms with van der Waals surface area (Å²) in [5.74, 6) is 0. The molecule has 1 aliphatic rings. The predicted octanol–water partition coefficient (Wildman–Crippen LogP) is 3.04. The second kappa shape index (κ2) is 6.90. The van der Waals surface area contributed by atoms with E-state index in [2.05, 4.69) is 18.0 Å². The van der Waals surface area contributed by atoms with Gasteiger partial charge in [0.15, 0.2) is 0 Å². The lowest BCUT2D eigenvalue weighted by molar-refractivity contribution is 0.646. The molecule has 1 aliphatic carbocycles. The normalized spacial score (nSPS) is 15.8. The third-order valence-electron chi connectivity index (χ3n) is 2.52. The van der Waals surface area contributed by atoms with Gasteiger partial charge in [0.05, 0.1) is 0 Å². The van der Waals surface area contributed by atoms with E-state index in [0.717, 1.165) is 19.5 Å². The second-order valence-corrected chi connectivity index (χ2v) is 3.69. The van der Waals surface area contributed by atoms with E-state index < -0.39 is 0 Å². The van der Waals surface area contributed by atoms with Crippen LogP contribution in [0.1, 0.15) is 38.5 Å². The smallest absolute Gasteiger partial charge is 0.00116 e. The van der Waals surface area contributed by atoms with Crippen LogP contribution in [0.5, 0.6) is 0 Å². The van der Waals surface area contributed by atoms with Crippen LogP contribution in [0.3, 0.4) is 0 Å². The first-order valence-electron chi connectivity index (χ1n) is 5.43. The highest BCUT2D eigenvalue weighted by molar-refractivity contribution is 5.07. The molecule has 0 saturated heterocycles. The maximum atomic E-state index is 3.70. The molecule has 1 rings (SSSR count). The molecular formula is C12H21N. The maximum absolute atomic E-state index is 3.70. The third-order valence-corrected chi connectivity index (χ3v) is 2.52. The molecule has 74 valence electrons. The number of nitrogens with one attached hydrogen (secondary N) is 1. The van der Waals surface area contributed by atoms with Crippen molar-refractivity contribution in [3.8, 4) is 0 Å². The Morgan fingerprint density at radius 1 is 1.46 bits per heavy atom. The van der Waals surface area contributed by atoms with Crippen molar-refractivity contribution < 1.29 is 0 Å². The quantitative estimate of drug-likeness (QED) is 0.468. The van der Waals surface area contributed by atoms with Gasteiger partial charge >= 0.3 is 0 Å². The molecule has 0 unspecified atom stereocenters. The van der Waals surface area contributed by atoms with Gasteiger partial charge in [0.2, 0.25) is 0 Å². The highest BCUT2D eigenvalue weighted by Crippen LogP contribution is 2.19. The number of rotatable bonds is 7. The number of allylic oxidation sites excluding steroid dienone is 2. The highest BCUT2D eigenvalue weighted by Gasteiger charge is 2.02. The van der Waals surface area contributed by atoms with Crippen LogP contribution in [0.2, 0.25) is 0 Å². The largest absolute Gasteiger partial charge is 0.316 e. The van der Waals surface area contributed by atoms with Gasteiger partial charge in [0, 0.05) is 0 Å². The lowest BCUT2D eigenvalue weighted by Crippen LogP contribution is -2.16. The maximum Gasteiger partial charge on any atom is -0.00116 e. The van der Waals surface area contributed by atoms with Gasteiger partial charge in [-0.2, -0.15) is 0 Å². The lowest BCUT2D eigenvalue weighted by Gasteiger charge is -2.03. The van der Waals surface area contributed by atoms with Crippen LogP contribution >= 0.6 is 0 Å². The fraction of sp³-hybridized carbons (Fsp3) is 0.667. The minimum absolute atomic E-state index is 1.13. The molecule has 1 nitrogen and oxygen atoms in total. The zero-order valence-electron chi connectivity index (χ0n) is 8.52. The average Bonchev–Trinajstić information content (AvgIpc) is 2.63. The minimum atomic E-state index is 1.13. The summed E-state index contributed by atoms with van der Waals surface area (Å²) in [4.78, 5) is 0. The van der Waals surface area contributed by atoms with E-state index in [1.165, 1.54) is 32.1 Å². The topological polar surface area (TPSA) is 12.0 Å². The molecule has 0 fully saturated rings. The van der Waals surface area contributed by atoms with Crippen molar-refractivity contribution in [3.05, 3.63) is 24.3 Å². The van der Waals surface area contributed by atoms with E-state index in [1.54, 1.807) is 5.57 Å². The van der Waals surface area contributed by atoms with Gasteiger partial charge in [0.1, 0.15) is 0 Å². The van der Waals surface area contributed by atoms with Crippen molar-refractivity contribution in [1.82, 2.24) is 5.32 Å². The lowest BCUT2D eigenvalue weighted by atomic mass is 10.2. The first kappa shape index (κ1) is 10.5. The van der Waals surface area contributed by atoms with Crippen LogP contribution in [0.25, 0.3) is 0 Å². The van der Waals surface area contributed by atoms with Gasteiger partial charge in [0.25, 0.3) is 0 Å². The van der Waals surface area contributed by atoms with Crippen LogP contribution in [0, 0.1) is 0 Å². The first-order chi connectivity index (χ1) is 6.43. The van der Waals surface area contributed by atoms with Gasteiger partial charge in [-0.1, -0.05) is 17.7 Å². The molecule has 0 aromatic carbocycles. The standard InChI is InChI=1S/C12H21N/c1-2-3-6-10-13-11-9-12-7-4-5-8-12/h2,7,13H,1,3-6,8-11H2. The molecule has 1 heteroatoms. The number of hydrogen-bond acceptors (Lipinski definition) is 1. The molecule has 0 spiro atoms. The summed E-state index contributed by atoms with van der Waals surface area (Å²) < 4.78 is 0. The number of hydrogen-bond donors (Lipinski definition) is 1. The van der Waals surface area contributed by atoms with Crippen molar-refractivity contribution in [3.63, 3.8) is 0 Å². The monoisotopic (exact) mass is 179 g/mol. The van der Waals surface area contributed by atoms with Crippen molar-refractivity contribution in [2.24, 2.45) is 0 Å². The number of unbranched alkanes of at least 4 members (excludes halogenated alkanes) is 1. The fourth-order valence-electron chi connectivity index (χ4n) is 1.71. The van der Waals surface area contributed by atoms with Gasteiger partial charge in [-0.3, -0.25) is 0 Å². The summed E-state index contributed by atoms with van der Waals surface area (Å²) >= 11 is 0. The summed E-state index contributed by atoms with van der Waals surface area (Å²) in [6, 6.07) is 0. The second-order valence-electron chi connectivity index (χ2n) is 3.69. The molecular weight excluding hydrogens is 158 g/mol. The van der Waals surface area contributed by atoms with Crippen LogP contribution in [0.15, 0.2) is 24.3 Å². The molecule has 13 heavy (non-hydrogen) atoms. The Morgan fingerprint density at radius 2 is 2.38 bits per heavy atom. The molecule has 0 aromatic rings. The molecule has 1 N–H and O–H groups in total. The summed E-state index contributed by atoms with van der Waals surface area (Å²) in [5.41, 5.74) is 1.66. The Morgan fingerprint density at radius 3 is 3.08 bits per heavy atom. The molecule has 0 bridgehead atoms. The third kappa shape index (κ3) is 4.89. The van der Waals surface area contributed by atoms with Crippen LogP contribution < -0.4 is 5.32 Å². The Kier molecular flexibility index (Phi) is 5.59. The zero-order chi connectivity index (χ0) is 9.36. The molecule has 0 atom stereocenters. The Labute approximate surface area is 81.9 Å². The van der Waals surface area contributed by atoms with Crippen molar-refractivity contribution >= 4 is 0 Å². The van der Waals surface area contributed by atoms with Crippen LogP contribution in [-0.2, 0) is 0 Å². The Balaban J connectivity index is 1.86. The van der Waals surface area contributed by atoms with E-state index in [1.807, 2.05) is 6.08 Å². The SMILES string of the molecule is C=CCCCNCCC1=CCCC1. The fourth-order valence-corrected chi connectivity index (χ4v) is 1.71. The van der Waals surface area contributed by atoms with E-state index in [4.69, 9.17) is 0 Å². The molecule has 0 aliphatic heterocycles. The Hall–Kier alpha value is -0.560. The minimum Gasteiger partial charge on any atom is -0.316 e. The van der Waals surface area contributed by atoms with Gasteiger partial charge in [-0.05, 0) is 51.6 Å². The van der Waals surface area contributed by atoms with Gasteiger partial charge < -0.3 is 5.32 Å². The van der Waals surface area contributed by atoms with Crippen molar-refractivity contribution in [2.75, 3.05) is 13.1 Å². The molecule has 0 heterocycles. The van der Waals surface area contributed by atoms with Crippen LogP contribution in [-0.4, -0.2) is 13.1 Å². The molecule has 0 radical (unpaired) electrons. The van der Waals surface area contributed by atoms with Crippen molar-refractivity contribution in [2.45, 2.75) is 38.5 Å². The molecule has 0 aromatic heterocycles. The van der Waals surface area contributed by atoms with Crippen molar-refractivity contribution in [1.29, 1.82) is 0 Å². The summed E-state index contributed by atoms with van der Waals surface area (Å²) in [6.07, 6.45) is 12.0. The summed E-state index contributed by atoms with van der Waals surface area (Å²) in [6.45, 7) is 6.00. The van der Waals surface area contributed by atoms with E-state index >= 15 is 0 Å². The predicted molar refractivity (Wildman–Crippen MR) is 58.9 cm³/mol. The average molecular weight is 179 g/mol. The van der Waals surface area contributed by atoms with E-state index in [-0.39, 0.29) is 0 Å². The van der Waals surface area contributed by atoms with Gasteiger partial charge in [-0.25, -0.2) is 0 Å². The van der Waals surface area contributed by atoms with Crippen LogP contribution in [0.4, 0.5) is 0 Å². The van der Waals surface area contributed by atoms with E-state index in [9.17, 15) is 0 Å². The summed E-state index contributed by atoms with van der Waals surface area (Å²) in [5, 5.41) is 3.46. The van der Waals surface area contributed by atoms with E-state index in [0.29, 0.717) is 0 Å². The first-order valence-corrected chi connectivity index (χ1v) is 5.43. The molecule has 0 saturated carbocycles. The van der Waals surface area contributed by atoms with Gasteiger partial charge in [-0.15, -0.1) is 6.58 Å².